The number of hydrogen-bond acceptors (Lipinski definition) is 8. The van der Waals surface area contributed by atoms with Crippen LogP contribution in [0.1, 0.15) is 51.7 Å². The first-order chi connectivity index (χ1) is 18.8. The van der Waals surface area contributed by atoms with Gasteiger partial charge in [-0.05, 0) is 59.8 Å². The Morgan fingerprint density at radius 3 is 1.50 bits per heavy atom. The predicted molar refractivity (Wildman–Crippen MR) is 186 cm³/mol. The topological polar surface area (TPSA) is 44.0 Å². The summed E-state index contributed by atoms with van der Waals surface area (Å²) >= 11 is 24.7. The summed E-state index contributed by atoms with van der Waals surface area (Å²) in [6.07, 6.45) is 3.69. The lowest BCUT2D eigenvalue weighted by Crippen LogP contribution is -2.26. The molecule has 0 fully saturated rings. The van der Waals surface area contributed by atoms with Gasteiger partial charge in [-0.15, -0.1) is 48.8 Å². The molecule has 4 nitrogen and oxygen atoms in total. The zero-order valence-corrected chi connectivity index (χ0v) is 30.4. The summed E-state index contributed by atoms with van der Waals surface area (Å²) in [6.45, 7) is 10.3. The second-order valence-corrected chi connectivity index (χ2v) is 19.5. The van der Waals surface area contributed by atoms with Crippen LogP contribution in [0.3, 0.4) is 0 Å². The van der Waals surface area contributed by atoms with Crippen LogP contribution in [0.15, 0.2) is 32.0 Å². The Balaban J connectivity index is 1.22. The maximum absolute atomic E-state index is 12.9. The molecule has 4 heterocycles. The van der Waals surface area contributed by atoms with Crippen molar-refractivity contribution in [2.45, 2.75) is 86.3 Å². The van der Waals surface area contributed by atoms with E-state index in [4.69, 9.17) is 49.7 Å². The van der Waals surface area contributed by atoms with E-state index in [2.05, 4.69) is 49.0 Å². The number of thiol groups is 2. The van der Waals surface area contributed by atoms with Gasteiger partial charge in [0.2, 0.25) is 0 Å². The Morgan fingerprint density at radius 2 is 1.12 bits per heavy atom. The van der Waals surface area contributed by atoms with E-state index in [1.54, 1.807) is 0 Å². The van der Waals surface area contributed by atoms with Gasteiger partial charge in [-0.1, -0.05) is 52.1 Å². The van der Waals surface area contributed by atoms with Crippen molar-refractivity contribution in [1.29, 1.82) is 0 Å². The van der Waals surface area contributed by atoms with Crippen molar-refractivity contribution >= 4 is 94.8 Å². The van der Waals surface area contributed by atoms with E-state index in [-0.39, 0.29) is 10.8 Å². The lowest BCUT2D eigenvalue weighted by atomic mass is 9.90. The molecule has 4 rings (SSSR count). The van der Waals surface area contributed by atoms with Crippen molar-refractivity contribution < 1.29 is 8.42 Å². The Morgan fingerprint density at radius 1 is 0.750 bits per heavy atom. The number of rotatable bonds is 13. The van der Waals surface area contributed by atoms with Crippen LogP contribution in [0.25, 0.3) is 0 Å². The molecule has 0 N–H and O–H groups in total. The highest BCUT2D eigenvalue weighted by molar-refractivity contribution is 8.00. The van der Waals surface area contributed by atoms with Crippen LogP contribution in [0.2, 0.25) is 0 Å². The summed E-state index contributed by atoms with van der Waals surface area (Å²) < 4.78 is 31.6. The lowest BCUT2D eigenvalue weighted by Gasteiger charge is -2.28. The van der Waals surface area contributed by atoms with Crippen LogP contribution in [0.4, 0.5) is 0 Å². The van der Waals surface area contributed by atoms with Gasteiger partial charge >= 0.3 is 0 Å². The molecular formula is C28H40N2O2S8. The van der Waals surface area contributed by atoms with Crippen LogP contribution in [0, 0.1) is 20.1 Å². The van der Waals surface area contributed by atoms with E-state index in [9.17, 15) is 8.42 Å². The summed E-state index contributed by atoms with van der Waals surface area (Å²) in [5.74, 6) is 4.33. The maximum atomic E-state index is 12.9. The van der Waals surface area contributed by atoms with Gasteiger partial charge in [-0.3, -0.25) is 8.42 Å². The minimum absolute atomic E-state index is 0.0716. The zero-order chi connectivity index (χ0) is 29.2. The molecular weight excluding hydrogens is 653 g/mol. The molecule has 0 bridgehead atoms. The largest absolute Gasteiger partial charge is 0.327 e. The highest BCUT2D eigenvalue weighted by Gasteiger charge is 2.26. The molecule has 2 aliphatic rings. The van der Waals surface area contributed by atoms with Gasteiger partial charge in [-0.25, -0.2) is 0 Å². The van der Waals surface area contributed by atoms with Crippen molar-refractivity contribution in [2.75, 3.05) is 34.5 Å². The average Bonchev–Trinajstić information content (AvgIpc) is 3.55. The van der Waals surface area contributed by atoms with Gasteiger partial charge in [-0.2, -0.15) is 0 Å². The van der Waals surface area contributed by atoms with Gasteiger partial charge in [0.25, 0.3) is 0 Å². The Bertz CT molecular complexity index is 1320. The molecule has 0 spiro atoms. The van der Waals surface area contributed by atoms with E-state index >= 15 is 0 Å². The van der Waals surface area contributed by atoms with E-state index in [1.807, 2.05) is 23.5 Å². The summed E-state index contributed by atoms with van der Waals surface area (Å²) in [5, 5.41) is 1.95. The quantitative estimate of drug-likeness (QED) is 0.166. The minimum Gasteiger partial charge on any atom is -0.327 e. The number of hydrogen-bond donors (Lipinski definition) is 2. The van der Waals surface area contributed by atoms with Gasteiger partial charge in [0.05, 0.1) is 10.1 Å². The van der Waals surface area contributed by atoms with Crippen molar-refractivity contribution in [3.8, 4) is 0 Å². The standard InChI is InChI=1S/C28H40N2O2S8/c1-27(2,17-29-23(33)15-21-19(25(29)35)5-9-37-21)7-11-39(31)13-14-40(32)12-8-28(3,4)18-30-24(34)16-22-20(26(30)36)6-10-38-22/h15-16,35-36H,5-14,17-18H2,1-4H3. The van der Waals surface area contributed by atoms with E-state index in [1.165, 1.54) is 20.9 Å². The molecule has 0 saturated carbocycles. The Labute approximate surface area is 274 Å². The molecule has 222 valence electrons. The lowest BCUT2D eigenvalue weighted by molar-refractivity contribution is 0.283. The Hall–Kier alpha value is 0.440. The van der Waals surface area contributed by atoms with Crippen LogP contribution >= 0.6 is 73.2 Å². The minimum atomic E-state index is -0.999. The molecule has 2 unspecified atom stereocenters. The normalized spacial score (nSPS) is 16.6. The molecule has 0 radical (unpaired) electrons. The van der Waals surface area contributed by atoms with Crippen molar-refractivity contribution in [1.82, 2.24) is 9.13 Å². The molecule has 2 aliphatic heterocycles. The number of aromatic nitrogens is 2. The molecule has 2 aromatic rings. The first-order valence-electron chi connectivity index (χ1n) is 13.6. The van der Waals surface area contributed by atoms with Crippen LogP contribution in [-0.4, -0.2) is 52.1 Å². The first kappa shape index (κ1) is 33.3. The SMILES string of the molecule is CC(C)(CCS(=O)CCS(=O)CCC(C)(C)Cn1c(S)c2c(cc1=S)SCC2)Cn1c(S)c2c(cc1=S)SCC2. The third-order valence-corrected chi connectivity index (χ3v) is 14.4. The fourth-order valence-electron chi connectivity index (χ4n) is 5.05. The van der Waals surface area contributed by atoms with Crippen LogP contribution in [0.5, 0.6) is 0 Å². The number of thioether (sulfide) groups is 2. The average molecular weight is 693 g/mol. The molecule has 0 aliphatic carbocycles. The monoisotopic (exact) mass is 692 g/mol. The van der Waals surface area contributed by atoms with Gasteiger partial charge in [0.15, 0.2) is 0 Å². The molecule has 2 aromatic heterocycles. The number of fused-ring (bicyclic) bond motifs is 2. The number of nitrogens with zero attached hydrogens (tertiary/aromatic N) is 2. The summed E-state index contributed by atoms with van der Waals surface area (Å²) in [6, 6.07) is 4.20. The van der Waals surface area contributed by atoms with Crippen LogP contribution < -0.4 is 0 Å². The van der Waals surface area contributed by atoms with Gasteiger partial charge in [0, 0.05) is 79.0 Å². The highest BCUT2D eigenvalue weighted by Crippen LogP contribution is 2.38. The molecule has 40 heavy (non-hydrogen) atoms. The van der Waals surface area contributed by atoms with Crippen molar-refractivity contribution in [2.24, 2.45) is 10.8 Å². The van der Waals surface area contributed by atoms with E-state index in [0.29, 0.717) is 23.0 Å². The van der Waals surface area contributed by atoms with E-state index in [0.717, 1.165) is 69.6 Å². The highest BCUT2D eigenvalue weighted by atomic mass is 32.2. The maximum Gasteiger partial charge on any atom is 0.107 e. The number of pyridine rings is 2. The smallest absolute Gasteiger partial charge is 0.107 e. The molecule has 12 heteroatoms. The predicted octanol–water partition coefficient (Wildman–Crippen LogP) is 7.65. The third kappa shape index (κ3) is 8.54. The summed E-state index contributed by atoms with van der Waals surface area (Å²) in [5.41, 5.74) is 2.45. The third-order valence-electron chi connectivity index (χ3n) is 7.63. The molecule has 0 saturated heterocycles. The first-order valence-corrected chi connectivity index (χ1v) is 20.3. The second-order valence-electron chi connectivity index (χ2n) is 12.2. The summed E-state index contributed by atoms with van der Waals surface area (Å²) in [4.78, 5) is 2.53. The summed E-state index contributed by atoms with van der Waals surface area (Å²) in [7, 11) is -2.00. The fourth-order valence-corrected chi connectivity index (χ4v) is 12.5. The zero-order valence-electron chi connectivity index (χ0n) is 23.7. The Kier molecular flexibility index (Phi) is 11.7. The molecule has 2 atom stereocenters. The van der Waals surface area contributed by atoms with Crippen LogP contribution in [-0.2, 0) is 47.5 Å². The second kappa shape index (κ2) is 14.0. The van der Waals surface area contributed by atoms with Gasteiger partial charge < -0.3 is 9.13 Å². The molecule has 0 amide bonds. The van der Waals surface area contributed by atoms with Crippen molar-refractivity contribution in [3.63, 3.8) is 0 Å². The van der Waals surface area contributed by atoms with E-state index < -0.39 is 21.6 Å². The van der Waals surface area contributed by atoms with Crippen molar-refractivity contribution in [3.05, 3.63) is 32.5 Å². The fraction of sp³-hybridized carbons (Fsp3) is 0.643. The van der Waals surface area contributed by atoms with Gasteiger partial charge in [0.1, 0.15) is 9.28 Å². The molecule has 0 aromatic carbocycles.